The van der Waals surface area contributed by atoms with Gasteiger partial charge in [0.2, 0.25) is 0 Å². The van der Waals surface area contributed by atoms with E-state index in [2.05, 4.69) is 10.1 Å². The SMILES string of the molecule is CCNC(C)(C)C(=O)c1cccc(OC(F)(F)F)c1. The number of ether oxygens (including phenoxy) is 1. The van der Waals surface area contributed by atoms with Gasteiger partial charge in [0.1, 0.15) is 5.75 Å². The maximum absolute atomic E-state index is 12.2. The van der Waals surface area contributed by atoms with Crippen molar-refractivity contribution < 1.29 is 22.7 Å². The van der Waals surface area contributed by atoms with Crippen LogP contribution in [-0.2, 0) is 0 Å². The summed E-state index contributed by atoms with van der Waals surface area (Å²) < 4.78 is 40.1. The molecule has 0 radical (unpaired) electrons. The predicted molar refractivity (Wildman–Crippen MR) is 65.2 cm³/mol. The van der Waals surface area contributed by atoms with Crippen LogP contribution in [0.15, 0.2) is 24.3 Å². The molecule has 6 heteroatoms. The van der Waals surface area contributed by atoms with Gasteiger partial charge in [-0.1, -0.05) is 19.1 Å². The Balaban J connectivity index is 2.96. The second kappa shape index (κ2) is 5.61. The number of carbonyl (C=O) groups is 1. The highest BCUT2D eigenvalue weighted by molar-refractivity contribution is 6.02. The number of nitrogens with one attached hydrogen (secondary N) is 1. The van der Waals surface area contributed by atoms with E-state index in [-0.39, 0.29) is 11.3 Å². The molecular weight excluding hydrogens is 259 g/mol. The van der Waals surface area contributed by atoms with E-state index in [0.29, 0.717) is 6.54 Å². The molecule has 0 unspecified atom stereocenters. The number of hydrogen-bond acceptors (Lipinski definition) is 3. The van der Waals surface area contributed by atoms with Gasteiger partial charge in [0.05, 0.1) is 5.54 Å². The Kier molecular flexibility index (Phi) is 4.57. The number of rotatable bonds is 5. The molecule has 0 saturated heterocycles. The van der Waals surface area contributed by atoms with Gasteiger partial charge in [-0.25, -0.2) is 0 Å². The van der Waals surface area contributed by atoms with Gasteiger partial charge in [0, 0.05) is 5.56 Å². The Morgan fingerprint density at radius 2 is 1.95 bits per heavy atom. The molecule has 1 N–H and O–H groups in total. The molecule has 1 aromatic rings. The zero-order valence-electron chi connectivity index (χ0n) is 11.0. The first-order valence-electron chi connectivity index (χ1n) is 5.81. The summed E-state index contributed by atoms with van der Waals surface area (Å²) in [6.45, 7) is 5.78. The third kappa shape index (κ3) is 4.55. The molecule has 1 rings (SSSR count). The molecule has 0 aromatic heterocycles. The molecule has 0 fully saturated rings. The highest BCUT2D eigenvalue weighted by Crippen LogP contribution is 2.24. The van der Waals surface area contributed by atoms with Crippen LogP contribution < -0.4 is 10.1 Å². The highest BCUT2D eigenvalue weighted by atomic mass is 19.4. The summed E-state index contributed by atoms with van der Waals surface area (Å²) in [4.78, 5) is 12.2. The summed E-state index contributed by atoms with van der Waals surface area (Å²) in [5, 5.41) is 2.98. The van der Waals surface area contributed by atoms with E-state index in [0.717, 1.165) is 12.1 Å². The van der Waals surface area contributed by atoms with Crippen LogP contribution in [0, 0.1) is 0 Å². The van der Waals surface area contributed by atoms with Crippen LogP contribution in [0.3, 0.4) is 0 Å². The fourth-order valence-electron chi connectivity index (χ4n) is 1.72. The van der Waals surface area contributed by atoms with Gasteiger partial charge in [-0.2, -0.15) is 0 Å². The Labute approximate surface area is 109 Å². The smallest absolute Gasteiger partial charge is 0.406 e. The summed E-state index contributed by atoms with van der Waals surface area (Å²) in [5.74, 6) is -0.687. The van der Waals surface area contributed by atoms with E-state index >= 15 is 0 Å². The number of ketones is 1. The molecule has 0 aliphatic carbocycles. The lowest BCUT2D eigenvalue weighted by Crippen LogP contribution is -2.46. The minimum absolute atomic E-state index is 0.174. The topological polar surface area (TPSA) is 38.3 Å². The van der Waals surface area contributed by atoms with E-state index < -0.39 is 17.7 Å². The van der Waals surface area contributed by atoms with Crippen molar-refractivity contribution in [3.05, 3.63) is 29.8 Å². The second-order valence-corrected chi connectivity index (χ2v) is 4.56. The van der Waals surface area contributed by atoms with E-state index in [9.17, 15) is 18.0 Å². The fourth-order valence-corrected chi connectivity index (χ4v) is 1.72. The summed E-state index contributed by atoms with van der Waals surface area (Å²) in [6.07, 6.45) is -4.77. The van der Waals surface area contributed by atoms with Crippen LogP contribution in [0.1, 0.15) is 31.1 Å². The lowest BCUT2D eigenvalue weighted by Gasteiger charge is -2.24. The third-order valence-corrected chi connectivity index (χ3v) is 2.52. The number of carbonyl (C=O) groups excluding carboxylic acids is 1. The minimum atomic E-state index is -4.77. The van der Waals surface area contributed by atoms with Crippen molar-refractivity contribution in [2.24, 2.45) is 0 Å². The van der Waals surface area contributed by atoms with Gasteiger partial charge in [-0.3, -0.25) is 4.79 Å². The maximum atomic E-state index is 12.2. The largest absolute Gasteiger partial charge is 0.573 e. The first-order valence-corrected chi connectivity index (χ1v) is 5.81. The predicted octanol–water partition coefficient (Wildman–Crippen LogP) is 3.16. The zero-order chi connectivity index (χ0) is 14.7. The number of likely N-dealkylation sites (N-methyl/N-ethyl adjacent to an activating group) is 1. The van der Waals surface area contributed by atoms with E-state index in [4.69, 9.17) is 0 Å². The molecule has 1 aromatic carbocycles. The van der Waals surface area contributed by atoms with Crippen LogP contribution in [0.5, 0.6) is 5.75 Å². The number of halogens is 3. The van der Waals surface area contributed by atoms with Crippen LogP contribution in [0.25, 0.3) is 0 Å². The van der Waals surface area contributed by atoms with Crippen molar-refractivity contribution in [3.8, 4) is 5.75 Å². The average molecular weight is 275 g/mol. The molecule has 0 aliphatic rings. The minimum Gasteiger partial charge on any atom is -0.406 e. The fraction of sp³-hybridized carbons (Fsp3) is 0.462. The molecule has 0 heterocycles. The number of Topliss-reactive ketones (excluding diaryl/α,β-unsaturated/α-hetero) is 1. The molecule has 0 amide bonds. The zero-order valence-corrected chi connectivity index (χ0v) is 11.0. The van der Waals surface area contributed by atoms with Gasteiger partial charge >= 0.3 is 6.36 Å². The maximum Gasteiger partial charge on any atom is 0.573 e. The average Bonchev–Trinajstić information content (AvgIpc) is 2.26. The number of benzene rings is 1. The van der Waals surface area contributed by atoms with E-state index in [1.54, 1.807) is 13.8 Å². The Bertz CT molecular complexity index is 455. The molecule has 0 aliphatic heterocycles. The van der Waals surface area contributed by atoms with Crippen molar-refractivity contribution >= 4 is 5.78 Å². The standard InChI is InChI=1S/C13H16F3NO2/c1-4-17-12(2,3)11(18)9-6-5-7-10(8-9)19-13(14,15)16/h5-8,17H,4H2,1-3H3. The molecule has 0 atom stereocenters. The Hall–Kier alpha value is -1.56. The second-order valence-electron chi connectivity index (χ2n) is 4.56. The van der Waals surface area contributed by atoms with Crippen LogP contribution >= 0.6 is 0 Å². The van der Waals surface area contributed by atoms with Crippen molar-refractivity contribution in [1.82, 2.24) is 5.32 Å². The van der Waals surface area contributed by atoms with Crippen LogP contribution in [0.4, 0.5) is 13.2 Å². The van der Waals surface area contributed by atoms with E-state index in [1.807, 2.05) is 6.92 Å². The summed E-state index contributed by atoms with van der Waals surface area (Å²) in [7, 11) is 0. The molecule has 106 valence electrons. The first kappa shape index (κ1) is 15.5. The monoisotopic (exact) mass is 275 g/mol. The van der Waals surface area contributed by atoms with E-state index in [1.165, 1.54) is 12.1 Å². The molecule has 19 heavy (non-hydrogen) atoms. The van der Waals surface area contributed by atoms with Gasteiger partial charge < -0.3 is 10.1 Å². The van der Waals surface area contributed by atoms with Gasteiger partial charge in [0.15, 0.2) is 5.78 Å². The summed E-state index contributed by atoms with van der Waals surface area (Å²) in [5.41, 5.74) is -0.668. The highest BCUT2D eigenvalue weighted by Gasteiger charge is 2.32. The summed E-state index contributed by atoms with van der Waals surface area (Å²) >= 11 is 0. The normalized spacial score (nSPS) is 12.3. The number of alkyl halides is 3. The quantitative estimate of drug-likeness (QED) is 0.839. The van der Waals surface area contributed by atoms with Crippen LogP contribution in [-0.4, -0.2) is 24.2 Å². The Morgan fingerprint density at radius 3 is 2.47 bits per heavy atom. The Morgan fingerprint density at radius 1 is 1.32 bits per heavy atom. The molecule has 3 nitrogen and oxygen atoms in total. The van der Waals surface area contributed by atoms with Gasteiger partial charge in [-0.15, -0.1) is 13.2 Å². The number of hydrogen-bond donors (Lipinski definition) is 1. The van der Waals surface area contributed by atoms with Gasteiger partial charge in [0.25, 0.3) is 0 Å². The van der Waals surface area contributed by atoms with Gasteiger partial charge in [-0.05, 0) is 32.5 Å². The molecule has 0 spiro atoms. The first-order chi connectivity index (χ1) is 8.65. The molecular formula is C13H16F3NO2. The van der Waals surface area contributed by atoms with Crippen LogP contribution in [0.2, 0.25) is 0 Å². The van der Waals surface area contributed by atoms with Crippen molar-refractivity contribution in [2.75, 3.05) is 6.54 Å². The lowest BCUT2D eigenvalue weighted by molar-refractivity contribution is -0.274. The summed E-state index contributed by atoms with van der Waals surface area (Å²) in [6, 6.07) is 5.07. The third-order valence-electron chi connectivity index (χ3n) is 2.52. The molecule has 0 bridgehead atoms. The molecule has 0 saturated carbocycles. The lowest BCUT2D eigenvalue weighted by atomic mass is 9.93. The van der Waals surface area contributed by atoms with Crippen molar-refractivity contribution in [2.45, 2.75) is 32.7 Å². The van der Waals surface area contributed by atoms with Crippen molar-refractivity contribution in [1.29, 1.82) is 0 Å². The van der Waals surface area contributed by atoms with Crippen molar-refractivity contribution in [3.63, 3.8) is 0 Å².